The third-order valence-electron chi connectivity index (χ3n) is 3.49. The minimum absolute atomic E-state index is 0.0419. The van der Waals surface area contributed by atoms with Gasteiger partial charge in [-0.2, -0.15) is 0 Å². The van der Waals surface area contributed by atoms with E-state index >= 15 is 0 Å². The van der Waals surface area contributed by atoms with Crippen LogP contribution in [-0.4, -0.2) is 55.0 Å². The molecule has 1 atom stereocenters. The van der Waals surface area contributed by atoms with Crippen molar-refractivity contribution in [3.05, 3.63) is 29.3 Å². The average molecular weight is 297 g/mol. The number of ether oxygens (including phenoxy) is 1. The van der Waals surface area contributed by atoms with Gasteiger partial charge in [-0.05, 0) is 45.1 Å². The number of halogens is 1. The number of rotatable bonds is 3. The number of carbonyl (C=O) groups is 1. The minimum Gasteiger partial charge on any atom is -0.481 e. The van der Waals surface area contributed by atoms with Crippen LogP contribution in [0.2, 0.25) is 5.02 Å². The van der Waals surface area contributed by atoms with E-state index in [2.05, 4.69) is 11.9 Å². The molecule has 1 heterocycles. The Kier molecular flexibility index (Phi) is 5.26. The summed E-state index contributed by atoms with van der Waals surface area (Å²) in [6, 6.07) is 7.13. The second kappa shape index (κ2) is 6.95. The second-order valence-electron chi connectivity index (χ2n) is 5.20. The topological polar surface area (TPSA) is 32.8 Å². The molecule has 1 amide bonds. The maximum Gasteiger partial charge on any atom is 0.263 e. The van der Waals surface area contributed by atoms with E-state index in [1.54, 1.807) is 19.1 Å². The summed E-state index contributed by atoms with van der Waals surface area (Å²) in [5, 5.41) is 0.610. The molecule has 4 nitrogen and oxygen atoms in total. The first-order valence-electron chi connectivity index (χ1n) is 6.96. The molecule has 0 unspecified atom stereocenters. The van der Waals surface area contributed by atoms with E-state index in [9.17, 15) is 4.79 Å². The van der Waals surface area contributed by atoms with Gasteiger partial charge in [-0.25, -0.2) is 0 Å². The number of carbonyl (C=O) groups excluding carboxylic acids is 1. The monoisotopic (exact) mass is 296 g/mol. The first kappa shape index (κ1) is 15.1. The molecule has 0 spiro atoms. The lowest BCUT2D eigenvalue weighted by molar-refractivity contribution is -0.137. The first-order chi connectivity index (χ1) is 9.56. The van der Waals surface area contributed by atoms with Gasteiger partial charge in [0.25, 0.3) is 5.91 Å². The minimum atomic E-state index is -0.489. The summed E-state index contributed by atoms with van der Waals surface area (Å²) < 4.78 is 5.69. The van der Waals surface area contributed by atoms with Gasteiger partial charge in [-0.3, -0.25) is 4.79 Å². The molecule has 20 heavy (non-hydrogen) atoms. The normalized spacial score (nSPS) is 18.4. The highest BCUT2D eigenvalue weighted by Crippen LogP contribution is 2.19. The Morgan fingerprint density at radius 2 is 2.10 bits per heavy atom. The van der Waals surface area contributed by atoms with Crippen LogP contribution < -0.4 is 4.74 Å². The molecular weight excluding hydrogens is 276 g/mol. The smallest absolute Gasteiger partial charge is 0.263 e. The molecule has 1 aromatic rings. The summed E-state index contributed by atoms with van der Waals surface area (Å²) in [6.07, 6.45) is 0.517. The summed E-state index contributed by atoms with van der Waals surface area (Å²) in [5.41, 5.74) is 0. The van der Waals surface area contributed by atoms with E-state index in [1.165, 1.54) is 0 Å². The van der Waals surface area contributed by atoms with Crippen molar-refractivity contribution in [2.45, 2.75) is 19.4 Å². The summed E-state index contributed by atoms with van der Waals surface area (Å²) in [7, 11) is 2.08. The fourth-order valence-corrected chi connectivity index (χ4v) is 2.50. The van der Waals surface area contributed by atoms with Gasteiger partial charge < -0.3 is 14.5 Å². The Bertz CT molecular complexity index is 467. The largest absolute Gasteiger partial charge is 0.481 e. The molecule has 1 aliphatic heterocycles. The lowest BCUT2D eigenvalue weighted by Gasteiger charge is -2.24. The molecule has 2 rings (SSSR count). The Balaban J connectivity index is 1.94. The number of amides is 1. The molecule has 0 N–H and O–H groups in total. The Hall–Kier alpha value is -1.26. The highest BCUT2D eigenvalue weighted by atomic mass is 35.5. The van der Waals surface area contributed by atoms with E-state index in [-0.39, 0.29) is 5.91 Å². The van der Waals surface area contributed by atoms with Crippen molar-refractivity contribution in [2.75, 3.05) is 33.2 Å². The van der Waals surface area contributed by atoms with Crippen molar-refractivity contribution in [1.29, 1.82) is 0 Å². The van der Waals surface area contributed by atoms with Crippen LogP contribution in [0.15, 0.2) is 24.3 Å². The third kappa shape index (κ3) is 4.12. The fourth-order valence-electron chi connectivity index (χ4n) is 2.32. The lowest BCUT2D eigenvalue weighted by atomic mass is 10.3. The van der Waals surface area contributed by atoms with Gasteiger partial charge in [0.05, 0.1) is 0 Å². The molecule has 1 aliphatic rings. The van der Waals surface area contributed by atoms with E-state index < -0.39 is 6.10 Å². The van der Waals surface area contributed by atoms with Crippen LogP contribution in [0.25, 0.3) is 0 Å². The van der Waals surface area contributed by atoms with Gasteiger partial charge in [0, 0.05) is 24.7 Å². The lowest BCUT2D eigenvalue weighted by Crippen LogP contribution is -2.42. The Morgan fingerprint density at radius 3 is 2.85 bits per heavy atom. The van der Waals surface area contributed by atoms with Crippen molar-refractivity contribution in [3.63, 3.8) is 0 Å². The summed E-state index contributed by atoms with van der Waals surface area (Å²) in [5.74, 6) is 0.672. The van der Waals surface area contributed by atoms with Crippen molar-refractivity contribution >= 4 is 17.5 Å². The van der Waals surface area contributed by atoms with Gasteiger partial charge >= 0.3 is 0 Å². The first-order valence-corrected chi connectivity index (χ1v) is 7.33. The zero-order chi connectivity index (χ0) is 14.5. The number of likely N-dealkylation sites (N-methyl/N-ethyl adjacent to an activating group) is 1. The summed E-state index contributed by atoms with van der Waals surface area (Å²) in [4.78, 5) is 16.5. The van der Waals surface area contributed by atoms with Crippen LogP contribution in [0.3, 0.4) is 0 Å². The van der Waals surface area contributed by atoms with Crippen LogP contribution >= 0.6 is 11.6 Å². The average Bonchev–Trinajstić information content (AvgIpc) is 2.62. The molecular formula is C15H21ClN2O2. The summed E-state index contributed by atoms with van der Waals surface area (Å²) in [6.45, 7) is 5.30. The van der Waals surface area contributed by atoms with Crippen molar-refractivity contribution in [1.82, 2.24) is 9.80 Å². The molecule has 0 saturated carbocycles. The number of hydrogen-bond donors (Lipinski definition) is 0. The van der Waals surface area contributed by atoms with Crippen LogP contribution in [0, 0.1) is 0 Å². The number of hydrogen-bond acceptors (Lipinski definition) is 3. The molecule has 0 aliphatic carbocycles. The second-order valence-corrected chi connectivity index (χ2v) is 5.64. The van der Waals surface area contributed by atoms with Gasteiger partial charge in [0.1, 0.15) is 5.75 Å². The zero-order valence-electron chi connectivity index (χ0n) is 12.0. The predicted octanol–water partition coefficient (Wildman–Crippen LogP) is 2.27. The van der Waals surface area contributed by atoms with Crippen molar-refractivity contribution in [3.8, 4) is 5.75 Å². The molecule has 1 fully saturated rings. The highest BCUT2D eigenvalue weighted by Gasteiger charge is 2.23. The molecule has 0 radical (unpaired) electrons. The van der Waals surface area contributed by atoms with E-state index in [4.69, 9.17) is 16.3 Å². The van der Waals surface area contributed by atoms with Crippen molar-refractivity contribution in [2.24, 2.45) is 0 Å². The van der Waals surface area contributed by atoms with Gasteiger partial charge in [-0.15, -0.1) is 0 Å². The quantitative estimate of drug-likeness (QED) is 0.858. The Morgan fingerprint density at radius 1 is 1.30 bits per heavy atom. The molecule has 110 valence electrons. The highest BCUT2D eigenvalue weighted by molar-refractivity contribution is 6.30. The maximum absolute atomic E-state index is 12.4. The van der Waals surface area contributed by atoms with Crippen LogP contribution in [0.5, 0.6) is 5.75 Å². The number of nitrogens with zero attached hydrogens (tertiary/aromatic N) is 2. The van der Waals surface area contributed by atoms with E-state index in [0.717, 1.165) is 32.6 Å². The molecule has 0 aromatic heterocycles. The SMILES string of the molecule is C[C@@H](Oc1cccc(Cl)c1)C(=O)N1CCCN(C)CC1. The van der Waals surface area contributed by atoms with Crippen LogP contribution in [0.4, 0.5) is 0 Å². The molecule has 5 heteroatoms. The van der Waals surface area contributed by atoms with E-state index in [0.29, 0.717) is 10.8 Å². The number of benzene rings is 1. The Labute approximate surface area is 125 Å². The fraction of sp³-hybridized carbons (Fsp3) is 0.533. The predicted molar refractivity (Wildman–Crippen MR) is 80.2 cm³/mol. The van der Waals surface area contributed by atoms with Gasteiger partial charge in [0.2, 0.25) is 0 Å². The standard InChI is InChI=1S/C15H21ClN2O2/c1-12(20-14-6-3-5-13(16)11-14)15(19)18-8-4-7-17(2)9-10-18/h3,5-6,11-12H,4,7-10H2,1-2H3/t12-/m1/s1. The van der Waals surface area contributed by atoms with Crippen molar-refractivity contribution < 1.29 is 9.53 Å². The van der Waals surface area contributed by atoms with E-state index in [1.807, 2.05) is 17.0 Å². The zero-order valence-corrected chi connectivity index (χ0v) is 12.8. The molecule has 1 saturated heterocycles. The third-order valence-corrected chi connectivity index (χ3v) is 3.72. The van der Waals surface area contributed by atoms with Gasteiger partial charge in [0.15, 0.2) is 6.10 Å². The summed E-state index contributed by atoms with van der Waals surface area (Å²) >= 11 is 5.91. The molecule has 0 bridgehead atoms. The molecule has 1 aromatic carbocycles. The van der Waals surface area contributed by atoms with Gasteiger partial charge in [-0.1, -0.05) is 17.7 Å². The van der Waals surface area contributed by atoms with Crippen LogP contribution in [-0.2, 0) is 4.79 Å². The van der Waals surface area contributed by atoms with Crippen LogP contribution in [0.1, 0.15) is 13.3 Å². The maximum atomic E-state index is 12.4.